The largest absolute Gasteiger partial charge is 0.353 e. The van der Waals surface area contributed by atoms with Crippen molar-refractivity contribution in [1.29, 1.82) is 0 Å². The summed E-state index contributed by atoms with van der Waals surface area (Å²) in [5, 5.41) is 5.87. The van der Waals surface area contributed by atoms with Crippen LogP contribution in [0.1, 0.15) is 49.2 Å². The van der Waals surface area contributed by atoms with Gasteiger partial charge in [-0.15, -0.1) is 11.3 Å². The van der Waals surface area contributed by atoms with Crippen LogP contribution in [-0.2, 0) is 20.7 Å². The molecule has 2 heterocycles. The van der Waals surface area contributed by atoms with Crippen molar-refractivity contribution in [3.8, 4) is 0 Å². The number of nitrogens with zero attached hydrogens (tertiary/aromatic N) is 1. The van der Waals surface area contributed by atoms with E-state index < -0.39 is 0 Å². The van der Waals surface area contributed by atoms with Crippen molar-refractivity contribution in [3.63, 3.8) is 0 Å². The Kier molecular flexibility index (Phi) is 5.10. The van der Waals surface area contributed by atoms with Crippen molar-refractivity contribution in [2.45, 2.75) is 63.8 Å². The summed E-state index contributed by atoms with van der Waals surface area (Å²) in [4.78, 5) is 16.3. The molecule has 0 aromatic carbocycles. The highest BCUT2D eigenvalue weighted by Gasteiger charge is 2.41. The average Bonchev–Trinajstić information content (AvgIpc) is 2.99. The molecule has 1 aromatic rings. The lowest BCUT2D eigenvalue weighted by Gasteiger charge is -2.26. The summed E-state index contributed by atoms with van der Waals surface area (Å²) in [7, 11) is 0. The Labute approximate surface area is 135 Å². The predicted molar refractivity (Wildman–Crippen MR) is 84.8 cm³/mol. The highest BCUT2D eigenvalue weighted by atomic mass is 32.1. The van der Waals surface area contributed by atoms with Gasteiger partial charge in [0, 0.05) is 24.8 Å². The Hall–Kier alpha value is -0.980. The molecule has 122 valence electrons. The summed E-state index contributed by atoms with van der Waals surface area (Å²) >= 11 is 1.57. The maximum Gasteiger partial charge on any atom is 0.226 e. The fourth-order valence-electron chi connectivity index (χ4n) is 3.19. The molecule has 1 saturated carbocycles. The molecule has 1 amide bonds. The fourth-order valence-corrected chi connectivity index (χ4v) is 3.80. The van der Waals surface area contributed by atoms with Gasteiger partial charge in [-0.2, -0.15) is 0 Å². The summed E-state index contributed by atoms with van der Waals surface area (Å²) in [6.45, 7) is 3.04. The van der Waals surface area contributed by atoms with E-state index in [0.29, 0.717) is 19.6 Å². The van der Waals surface area contributed by atoms with Crippen molar-refractivity contribution in [1.82, 2.24) is 10.3 Å². The number of carbonyl (C=O) groups is 1. The molecular weight excluding hydrogens is 300 g/mol. The molecule has 1 N–H and O–H groups in total. The molecule has 1 unspecified atom stereocenters. The third-order valence-electron chi connectivity index (χ3n) is 4.31. The van der Waals surface area contributed by atoms with Crippen LogP contribution < -0.4 is 5.32 Å². The van der Waals surface area contributed by atoms with Crippen LogP contribution in [-0.4, -0.2) is 35.9 Å². The quantitative estimate of drug-likeness (QED) is 0.925. The highest BCUT2D eigenvalue weighted by Crippen LogP contribution is 2.36. The third-order valence-corrected chi connectivity index (χ3v) is 5.14. The van der Waals surface area contributed by atoms with E-state index in [4.69, 9.17) is 9.47 Å². The molecule has 2 aliphatic rings. The average molecular weight is 324 g/mol. The van der Waals surface area contributed by atoms with Crippen LogP contribution in [0.3, 0.4) is 0 Å². The van der Waals surface area contributed by atoms with E-state index in [1.165, 1.54) is 25.7 Å². The molecule has 0 bridgehead atoms. The Morgan fingerprint density at radius 1 is 1.41 bits per heavy atom. The zero-order valence-electron chi connectivity index (χ0n) is 13.1. The summed E-state index contributed by atoms with van der Waals surface area (Å²) in [5.41, 5.74) is 0.837. The molecule has 2 fully saturated rings. The molecule has 6 heteroatoms. The number of hydrogen-bond acceptors (Lipinski definition) is 5. The first-order chi connectivity index (χ1) is 10.7. The second kappa shape index (κ2) is 7.06. The Morgan fingerprint density at radius 3 is 2.86 bits per heavy atom. The molecule has 1 aliphatic heterocycles. The van der Waals surface area contributed by atoms with Gasteiger partial charge in [-0.25, -0.2) is 4.98 Å². The number of thiazole rings is 1. The zero-order chi connectivity index (χ0) is 15.4. The van der Waals surface area contributed by atoms with Crippen LogP contribution in [0.2, 0.25) is 0 Å². The van der Waals surface area contributed by atoms with Gasteiger partial charge in [0.1, 0.15) is 6.10 Å². The lowest BCUT2D eigenvalue weighted by Crippen LogP contribution is -2.36. The van der Waals surface area contributed by atoms with E-state index in [9.17, 15) is 4.79 Å². The molecular formula is C16H24N2O3S. The molecule has 0 radical (unpaired) electrons. The van der Waals surface area contributed by atoms with Crippen LogP contribution in [0, 0.1) is 6.92 Å². The first-order valence-corrected chi connectivity index (χ1v) is 9.03. The standard InChI is InChI=1S/C16H24N2O3S/c1-12-18-13(11-22-12)8-15(19)17-9-14-10-20-16(21-14)6-4-2-3-5-7-16/h11,14H,2-10H2,1H3,(H,17,19). The second-order valence-electron chi connectivity index (χ2n) is 6.21. The van der Waals surface area contributed by atoms with E-state index >= 15 is 0 Å². The van der Waals surface area contributed by atoms with Crippen molar-refractivity contribution in [2.24, 2.45) is 0 Å². The Bertz CT molecular complexity index is 509. The number of ether oxygens (including phenoxy) is 2. The van der Waals surface area contributed by atoms with Crippen molar-refractivity contribution in [3.05, 3.63) is 16.1 Å². The van der Waals surface area contributed by atoms with Crippen LogP contribution in [0.4, 0.5) is 0 Å². The van der Waals surface area contributed by atoms with Crippen molar-refractivity contribution in [2.75, 3.05) is 13.2 Å². The Balaban J connectivity index is 1.43. The molecule has 1 aliphatic carbocycles. The van der Waals surface area contributed by atoms with Gasteiger partial charge in [0.05, 0.1) is 23.7 Å². The van der Waals surface area contributed by atoms with E-state index in [0.717, 1.165) is 23.5 Å². The number of amides is 1. The Morgan fingerprint density at radius 2 is 2.18 bits per heavy atom. The summed E-state index contributed by atoms with van der Waals surface area (Å²) in [6, 6.07) is 0. The van der Waals surface area contributed by atoms with Crippen LogP contribution >= 0.6 is 11.3 Å². The van der Waals surface area contributed by atoms with Crippen LogP contribution in [0.15, 0.2) is 5.38 Å². The minimum atomic E-state index is -0.377. The number of nitrogens with one attached hydrogen (secondary N) is 1. The zero-order valence-corrected chi connectivity index (χ0v) is 13.9. The molecule has 5 nitrogen and oxygen atoms in total. The third kappa shape index (κ3) is 4.06. The normalized spacial score (nSPS) is 24.3. The van der Waals surface area contributed by atoms with E-state index in [1.54, 1.807) is 11.3 Å². The van der Waals surface area contributed by atoms with Gasteiger partial charge in [-0.05, 0) is 19.8 Å². The number of hydrogen-bond donors (Lipinski definition) is 1. The minimum absolute atomic E-state index is 0.00397. The first-order valence-electron chi connectivity index (χ1n) is 8.15. The van der Waals surface area contributed by atoms with E-state index in [1.807, 2.05) is 12.3 Å². The molecule has 1 saturated heterocycles. The number of aryl methyl sites for hydroxylation is 1. The SMILES string of the molecule is Cc1nc(CC(=O)NCC2COC3(CCCCCC3)O2)cs1. The van der Waals surface area contributed by atoms with Gasteiger partial charge in [0.15, 0.2) is 5.79 Å². The lowest BCUT2D eigenvalue weighted by molar-refractivity contribution is -0.175. The maximum absolute atomic E-state index is 12.0. The monoisotopic (exact) mass is 324 g/mol. The molecule has 22 heavy (non-hydrogen) atoms. The predicted octanol–water partition coefficient (Wildman–Crippen LogP) is 2.58. The number of aromatic nitrogens is 1. The maximum atomic E-state index is 12.0. The van der Waals surface area contributed by atoms with Gasteiger partial charge in [0.25, 0.3) is 0 Å². The summed E-state index contributed by atoms with van der Waals surface area (Å²) < 4.78 is 12.1. The van der Waals surface area contributed by atoms with Gasteiger partial charge in [-0.1, -0.05) is 12.8 Å². The van der Waals surface area contributed by atoms with E-state index in [-0.39, 0.29) is 17.8 Å². The smallest absolute Gasteiger partial charge is 0.226 e. The minimum Gasteiger partial charge on any atom is -0.353 e. The lowest BCUT2D eigenvalue weighted by atomic mass is 10.1. The molecule has 1 aromatic heterocycles. The van der Waals surface area contributed by atoms with Crippen molar-refractivity contribution < 1.29 is 14.3 Å². The second-order valence-corrected chi connectivity index (χ2v) is 7.28. The number of rotatable bonds is 4. The molecule has 1 atom stereocenters. The first kappa shape index (κ1) is 15.9. The topological polar surface area (TPSA) is 60.5 Å². The van der Waals surface area contributed by atoms with Gasteiger partial charge >= 0.3 is 0 Å². The van der Waals surface area contributed by atoms with Gasteiger partial charge in [-0.3, -0.25) is 4.79 Å². The van der Waals surface area contributed by atoms with E-state index in [2.05, 4.69) is 10.3 Å². The van der Waals surface area contributed by atoms with Gasteiger partial charge in [0.2, 0.25) is 5.91 Å². The summed E-state index contributed by atoms with van der Waals surface area (Å²) in [5.74, 6) is -0.381. The summed E-state index contributed by atoms with van der Waals surface area (Å²) in [6.07, 6.45) is 7.14. The van der Waals surface area contributed by atoms with Gasteiger partial charge < -0.3 is 14.8 Å². The molecule has 1 spiro atoms. The van der Waals surface area contributed by atoms with Crippen molar-refractivity contribution >= 4 is 17.2 Å². The highest BCUT2D eigenvalue weighted by molar-refractivity contribution is 7.09. The van der Waals surface area contributed by atoms with Crippen LogP contribution in [0.5, 0.6) is 0 Å². The molecule has 3 rings (SSSR count). The fraction of sp³-hybridized carbons (Fsp3) is 0.750. The number of carbonyl (C=O) groups excluding carboxylic acids is 1. The van der Waals surface area contributed by atoms with Crippen LogP contribution in [0.25, 0.3) is 0 Å².